The first-order valence-electron chi connectivity index (χ1n) is 5.81. The first-order chi connectivity index (χ1) is 9.39. The molecule has 0 radical (unpaired) electrons. The summed E-state index contributed by atoms with van der Waals surface area (Å²) in [6, 6.07) is 10.8. The summed E-state index contributed by atoms with van der Waals surface area (Å²) in [5, 5.41) is 0. The summed E-state index contributed by atoms with van der Waals surface area (Å²) in [6.45, 7) is 1.83. The molecule has 0 spiro atoms. The number of alkyl halides is 3. The number of aryl methyl sites for hydroxylation is 1. The molecule has 0 aliphatic heterocycles. The molecule has 0 aliphatic carbocycles. The summed E-state index contributed by atoms with van der Waals surface area (Å²) >= 11 is 0. The highest BCUT2D eigenvalue weighted by molar-refractivity contribution is 5.81. The third-order valence-corrected chi connectivity index (χ3v) is 2.69. The fraction of sp³-hybridized carbons (Fsp3) is 0.133. The number of hydrogen-bond acceptors (Lipinski definition) is 2. The van der Waals surface area contributed by atoms with Gasteiger partial charge in [0.2, 0.25) is 0 Å². The molecule has 0 amide bonds. The van der Waals surface area contributed by atoms with Crippen LogP contribution in [0.15, 0.2) is 42.5 Å². The van der Waals surface area contributed by atoms with Crippen molar-refractivity contribution < 1.29 is 22.7 Å². The van der Waals surface area contributed by atoms with Gasteiger partial charge in [0, 0.05) is 11.1 Å². The van der Waals surface area contributed by atoms with Crippen LogP contribution in [0.5, 0.6) is 5.75 Å². The van der Waals surface area contributed by atoms with Crippen molar-refractivity contribution in [3.05, 3.63) is 53.6 Å². The summed E-state index contributed by atoms with van der Waals surface area (Å²) < 4.78 is 41.2. The molecule has 0 heterocycles. The highest BCUT2D eigenvalue weighted by Gasteiger charge is 2.32. The Morgan fingerprint density at radius 3 is 2.45 bits per heavy atom. The maximum Gasteiger partial charge on any atom is 0.573 e. The molecule has 2 rings (SSSR count). The van der Waals surface area contributed by atoms with Gasteiger partial charge in [-0.1, -0.05) is 29.8 Å². The lowest BCUT2D eigenvalue weighted by Gasteiger charge is -2.14. The van der Waals surface area contributed by atoms with Crippen molar-refractivity contribution in [1.82, 2.24) is 0 Å². The van der Waals surface area contributed by atoms with E-state index in [-0.39, 0.29) is 16.9 Å². The van der Waals surface area contributed by atoms with E-state index in [1.807, 2.05) is 13.0 Å². The molecule has 0 bridgehead atoms. The van der Waals surface area contributed by atoms with E-state index in [9.17, 15) is 18.0 Å². The number of ether oxygens (including phenoxy) is 1. The fourth-order valence-electron chi connectivity index (χ4n) is 1.87. The Hall–Kier alpha value is -2.30. The maximum atomic E-state index is 12.4. The van der Waals surface area contributed by atoms with Crippen LogP contribution >= 0.6 is 0 Å². The van der Waals surface area contributed by atoms with Gasteiger partial charge in [-0.05, 0) is 30.7 Å². The summed E-state index contributed by atoms with van der Waals surface area (Å²) in [5.74, 6) is -0.325. The zero-order valence-electron chi connectivity index (χ0n) is 10.6. The van der Waals surface area contributed by atoms with E-state index in [0.717, 1.165) is 11.6 Å². The standard InChI is InChI=1S/C15H11F3O2/c1-10-3-2-4-12(7-10)13-8-11(9-19)5-6-14(13)20-15(16,17)18/h2-9H,1H3. The van der Waals surface area contributed by atoms with E-state index in [1.54, 1.807) is 18.2 Å². The second-order valence-electron chi connectivity index (χ2n) is 4.29. The SMILES string of the molecule is Cc1cccc(-c2cc(C=O)ccc2OC(F)(F)F)c1. The van der Waals surface area contributed by atoms with Gasteiger partial charge in [-0.15, -0.1) is 13.2 Å². The van der Waals surface area contributed by atoms with Gasteiger partial charge in [0.25, 0.3) is 0 Å². The van der Waals surface area contributed by atoms with Crippen molar-refractivity contribution in [2.24, 2.45) is 0 Å². The summed E-state index contributed by atoms with van der Waals surface area (Å²) in [6.07, 6.45) is -4.20. The van der Waals surface area contributed by atoms with Crippen LogP contribution in [0.4, 0.5) is 13.2 Å². The molecule has 0 atom stereocenters. The summed E-state index contributed by atoms with van der Waals surface area (Å²) in [5.41, 5.74) is 1.98. The Morgan fingerprint density at radius 1 is 1.10 bits per heavy atom. The molecule has 104 valence electrons. The van der Waals surface area contributed by atoms with Crippen molar-refractivity contribution in [2.45, 2.75) is 13.3 Å². The molecular weight excluding hydrogens is 269 g/mol. The van der Waals surface area contributed by atoms with Gasteiger partial charge in [0.05, 0.1) is 0 Å². The molecule has 5 heteroatoms. The summed E-state index contributed by atoms with van der Waals surface area (Å²) in [7, 11) is 0. The molecule has 0 saturated heterocycles. The van der Waals surface area contributed by atoms with Crippen molar-refractivity contribution in [1.29, 1.82) is 0 Å². The van der Waals surface area contributed by atoms with E-state index in [1.165, 1.54) is 12.1 Å². The number of halogens is 3. The minimum Gasteiger partial charge on any atom is -0.405 e. The first kappa shape index (κ1) is 14.1. The first-order valence-corrected chi connectivity index (χ1v) is 5.81. The van der Waals surface area contributed by atoms with Crippen LogP contribution in [-0.2, 0) is 0 Å². The molecular formula is C15H11F3O2. The van der Waals surface area contributed by atoms with Crippen molar-refractivity contribution >= 4 is 6.29 Å². The van der Waals surface area contributed by atoms with Gasteiger partial charge in [0.15, 0.2) is 0 Å². The predicted octanol–water partition coefficient (Wildman–Crippen LogP) is 4.37. The van der Waals surface area contributed by atoms with Crippen molar-refractivity contribution in [3.8, 4) is 16.9 Å². The van der Waals surface area contributed by atoms with Crippen LogP contribution in [-0.4, -0.2) is 12.6 Å². The normalized spacial score (nSPS) is 11.2. The molecule has 2 aromatic rings. The summed E-state index contributed by atoms with van der Waals surface area (Å²) in [4.78, 5) is 10.8. The maximum absolute atomic E-state index is 12.4. The van der Waals surface area contributed by atoms with Crippen LogP contribution in [0.1, 0.15) is 15.9 Å². The number of aldehydes is 1. The van der Waals surface area contributed by atoms with E-state index in [0.29, 0.717) is 11.8 Å². The number of carbonyl (C=O) groups excluding carboxylic acids is 1. The van der Waals surface area contributed by atoms with Crippen LogP contribution in [0, 0.1) is 6.92 Å². The monoisotopic (exact) mass is 280 g/mol. The largest absolute Gasteiger partial charge is 0.573 e. The van der Waals surface area contributed by atoms with E-state index >= 15 is 0 Å². The molecule has 0 fully saturated rings. The van der Waals surface area contributed by atoms with Gasteiger partial charge in [-0.3, -0.25) is 4.79 Å². The van der Waals surface area contributed by atoms with Crippen molar-refractivity contribution in [3.63, 3.8) is 0 Å². The Kier molecular flexibility index (Phi) is 3.79. The molecule has 2 aromatic carbocycles. The lowest BCUT2D eigenvalue weighted by molar-refractivity contribution is -0.274. The van der Waals surface area contributed by atoms with E-state index < -0.39 is 6.36 Å². The second-order valence-corrected chi connectivity index (χ2v) is 4.29. The molecule has 0 saturated carbocycles. The smallest absolute Gasteiger partial charge is 0.405 e. The predicted molar refractivity (Wildman–Crippen MR) is 68.7 cm³/mol. The number of benzene rings is 2. The molecule has 2 nitrogen and oxygen atoms in total. The highest BCUT2D eigenvalue weighted by Crippen LogP contribution is 2.34. The second kappa shape index (κ2) is 5.36. The Labute approximate surface area is 113 Å². The molecule has 0 N–H and O–H groups in total. The zero-order chi connectivity index (χ0) is 14.8. The molecule has 0 unspecified atom stereocenters. The molecule has 0 aromatic heterocycles. The minimum absolute atomic E-state index is 0.232. The van der Waals surface area contributed by atoms with Gasteiger partial charge in [-0.2, -0.15) is 0 Å². The highest BCUT2D eigenvalue weighted by atomic mass is 19.4. The zero-order valence-corrected chi connectivity index (χ0v) is 10.6. The number of rotatable bonds is 3. The van der Waals surface area contributed by atoms with Crippen molar-refractivity contribution in [2.75, 3.05) is 0 Å². The average molecular weight is 280 g/mol. The van der Waals surface area contributed by atoms with E-state index in [4.69, 9.17) is 0 Å². The quantitative estimate of drug-likeness (QED) is 0.780. The van der Waals surface area contributed by atoms with E-state index in [2.05, 4.69) is 4.74 Å². The minimum atomic E-state index is -4.78. The number of hydrogen-bond donors (Lipinski definition) is 0. The third kappa shape index (κ3) is 3.38. The topological polar surface area (TPSA) is 26.3 Å². The van der Waals surface area contributed by atoms with Gasteiger partial charge < -0.3 is 4.74 Å². The van der Waals surface area contributed by atoms with Crippen LogP contribution in [0.3, 0.4) is 0 Å². The number of carbonyl (C=O) groups is 1. The Balaban J connectivity index is 2.55. The average Bonchev–Trinajstić information content (AvgIpc) is 2.37. The fourth-order valence-corrected chi connectivity index (χ4v) is 1.87. The molecule has 20 heavy (non-hydrogen) atoms. The van der Waals surface area contributed by atoms with Gasteiger partial charge in [-0.25, -0.2) is 0 Å². The Bertz CT molecular complexity index is 633. The van der Waals surface area contributed by atoms with Crippen LogP contribution in [0.25, 0.3) is 11.1 Å². The lowest BCUT2D eigenvalue weighted by atomic mass is 10.0. The van der Waals surface area contributed by atoms with Gasteiger partial charge >= 0.3 is 6.36 Å². The van der Waals surface area contributed by atoms with Crippen LogP contribution < -0.4 is 4.74 Å². The third-order valence-electron chi connectivity index (χ3n) is 2.69. The van der Waals surface area contributed by atoms with Crippen LogP contribution in [0.2, 0.25) is 0 Å². The van der Waals surface area contributed by atoms with Gasteiger partial charge in [0.1, 0.15) is 12.0 Å². The lowest BCUT2D eigenvalue weighted by Crippen LogP contribution is -2.17. The molecule has 0 aliphatic rings. The Morgan fingerprint density at radius 2 is 1.85 bits per heavy atom.